The van der Waals surface area contributed by atoms with Crippen LogP contribution in [-0.2, 0) is 26.7 Å². The highest BCUT2D eigenvalue weighted by molar-refractivity contribution is 7.89. The summed E-state index contributed by atoms with van der Waals surface area (Å²) in [6, 6.07) is 7.88. The predicted molar refractivity (Wildman–Crippen MR) is 109 cm³/mol. The fraction of sp³-hybridized carbons (Fsp3) is 0.526. The van der Waals surface area contributed by atoms with E-state index in [0.717, 1.165) is 21.9 Å². The molecule has 156 valence electrons. The second kappa shape index (κ2) is 7.75. The second-order valence-corrected chi connectivity index (χ2v) is 9.54. The van der Waals surface area contributed by atoms with Gasteiger partial charge in [-0.25, -0.2) is 13.4 Å². The third-order valence-corrected chi connectivity index (χ3v) is 7.49. The van der Waals surface area contributed by atoms with Gasteiger partial charge in [-0.15, -0.1) is 0 Å². The second-order valence-electron chi connectivity index (χ2n) is 7.45. The quantitative estimate of drug-likeness (QED) is 0.658. The van der Waals surface area contributed by atoms with Gasteiger partial charge in [0.1, 0.15) is 0 Å². The van der Waals surface area contributed by atoms with E-state index in [-0.39, 0.29) is 24.1 Å². The zero-order valence-corrected chi connectivity index (χ0v) is 17.3. The molecule has 2 aliphatic heterocycles. The molecule has 9 nitrogen and oxygen atoms in total. The van der Waals surface area contributed by atoms with Crippen molar-refractivity contribution in [2.75, 3.05) is 43.4 Å². The lowest BCUT2D eigenvalue weighted by Gasteiger charge is -2.35. The molecule has 29 heavy (non-hydrogen) atoms. The number of benzene rings is 1. The van der Waals surface area contributed by atoms with Gasteiger partial charge in [-0.1, -0.05) is 12.1 Å². The minimum atomic E-state index is -3.54. The third-order valence-electron chi connectivity index (χ3n) is 5.63. The fourth-order valence-electron chi connectivity index (χ4n) is 3.97. The average molecular weight is 420 g/mol. The van der Waals surface area contributed by atoms with Crippen molar-refractivity contribution in [3.05, 3.63) is 24.3 Å². The van der Waals surface area contributed by atoms with Crippen LogP contribution in [0.3, 0.4) is 0 Å². The number of carbonyl (C=O) groups is 2. The lowest BCUT2D eigenvalue weighted by Crippen LogP contribution is -2.51. The van der Waals surface area contributed by atoms with Gasteiger partial charge in [0.15, 0.2) is 0 Å². The van der Waals surface area contributed by atoms with Crippen molar-refractivity contribution in [2.24, 2.45) is 7.05 Å². The number of carbonyl (C=O) groups excluding carboxylic acids is 2. The summed E-state index contributed by atoms with van der Waals surface area (Å²) in [4.78, 5) is 31.6. The minimum Gasteiger partial charge on any atom is -0.340 e. The van der Waals surface area contributed by atoms with Crippen LogP contribution in [0.2, 0.25) is 0 Å². The number of likely N-dealkylation sites (tertiary alicyclic amines) is 1. The number of piperidine rings is 1. The SMILES string of the molecule is Cn1c(N2CCN(S(=O)(=O)CCN3C(=O)CCCC3=O)CC2)nc2ccccc21. The maximum absolute atomic E-state index is 12.7. The molecule has 2 aromatic rings. The van der Waals surface area contributed by atoms with Crippen LogP contribution in [0.1, 0.15) is 19.3 Å². The zero-order valence-electron chi connectivity index (χ0n) is 16.5. The number of amides is 2. The van der Waals surface area contributed by atoms with E-state index in [1.807, 2.05) is 35.9 Å². The molecule has 0 saturated carbocycles. The van der Waals surface area contributed by atoms with Crippen molar-refractivity contribution < 1.29 is 18.0 Å². The number of nitrogens with zero attached hydrogens (tertiary/aromatic N) is 5. The Labute approximate surface area is 169 Å². The summed E-state index contributed by atoms with van der Waals surface area (Å²) in [5.74, 6) is 0.0514. The molecule has 2 saturated heterocycles. The molecule has 1 aromatic heterocycles. The Balaban J connectivity index is 1.38. The third kappa shape index (κ3) is 3.86. The largest absolute Gasteiger partial charge is 0.340 e. The highest BCUT2D eigenvalue weighted by Gasteiger charge is 2.31. The van der Waals surface area contributed by atoms with Gasteiger partial charge in [-0.2, -0.15) is 4.31 Å². The number of imidazole rings is 1. The van der Waals surface area contributed by atoms with Crippen LogP contribution in [0.4, 0.5) is 5.95 Å². The van der Waals surface area contributed by atoms with Gasteiger partial charge in [0, 0.05) is 52.6 Å². The number of hydrogen-bond acceptors (Lipinski definition) is 6. The number of hydrogen-bond donors (Lipinski definition) is 0. The van der Waals surface area contributed by atoms with Crippen LogP contribution in [0, 0.1) is 0 Å². The van der Waals surface area contributed by atoms with Crippen molar-refractivity contribution in [2.45, 2.75) is 19.3 Å². The van der Waals surface area contributed by atoms with Crippen molar-refractivity contribution in [3.8, 4) is 0 Å². The molecule has 0 N–H and O–H groups in total. The Morgan fingerprint density at radius 3 is 2.31 bits per heavy atom. The molecule has 1 aromatic carbocycles. The topological polar surface area (TPSA) is 95.8 Å². The average Bonchev–Trinajstić information content (AvgIpc) is 3.05. The number of sulfonamides is 1. The Morgan fingerprint density at radius 1 is 1.00 bits per heavy atom. The monoisotopic (exact) mass is 419 g/mol. The molecule has 0 bridgehead atoms. The number of imide groups is 1. The van der Waals surface area contributed by atoms with Gasteiger partial charge in [0.2, 0.25) is 27.8 Å². The maximum Gasteiger partial charge on any atom is 0.229 e. The van der Waals surface area contributed by atoms with Crippen molar-refractivity contribution in [3.63, 3.8) is 0 Å². The van der Waals surface area contributed by atoms with E-state index < -0.39 is 10.0 Å². The summed E-state index contributed by atoms with van der Waals surface area (Å²) in [6.07, 6.45) is 1.16. The first-order valence-electron chi connectivity index (χ1n) is 9.84. The Kier molecular flexibility index (Phi) is 5.30. The fourth-order valence-corrected chi connectivity index (χ4v) is 5.36. The van der Waals surface area contributed by atoms with Crippen LogP contribution in [-0.4, -0.2) is 77.5 Å². The summed E-state index contributed by atoms with van der Waals surface area (Å²) in [5, 5.41) is 0. The molecular weight excluding hydrogens is 394 g/mol. The number of fused-ring (bicyclic) bond motifs is 1. The molecule has 2 fully saturated rings. The molecule has 4 rings (SSSR count). The van der Waals surface area contributed by atoms with Gasteiger partial charge in [0.05, 0.1) is 16.8 Å². The maximum atomic E-state index is 12.7. The van der Waals surface area contributed by atoms with Crippen LogP contribution >= 0.6 is 0 Å². The molecule has 3 heterocycles. The van der Waals surface area contributed by atoms with Crippen LogP contribution in [0.25, 0.3) is 11.0 Å². The molecule has 2 aliphatic rings. The summed E-state index contributed by atoms with van der Waals surface area (Å²) in [6.45, 7) is 1.72. The van der Waals surface area contributed by atoms with E-state index in [4.69, 9.17) is 0 Å². The number of aromatic nitrogens is 2. The summed E-state index contributed by atoms with van der Waals surface area (Å²) < 4.78 is 28.9. The lowest BCUT2D eigenvalue weighted by molar-refractivity contribution is -0.147. The van der Waals surface area contributed by atoms with E-state index in [1.54, 1.807) is 0 Å². The molecule has 0 radical (unpaired) electrons. The van der Waals surface area contributed by atoms with E-state index in [1.165, 1.54) is 4.31 Å². The number of aryl methyl sites for hydroxylation is 1. The van der Waals surface area contributed by atoms with Gasteiger partial charge in [-0.3, -0.25) is 14.5 Å². The molecular formula is C19H25N5O4S. The summed E-state index contributed by atoms with van der Waals surface area (Å²) >= 11 is 0. The number of para-hydroxylation sites is 2. The molecule has 2 amide bonds. The lowest BCUT2D eigenvalue weighted by atomic mass is 10.1. The summed E-state index contributed by atoms with van der Waals surface area (Å²) in [7, 11) is -1.58. The first kappa shape index (κ1) is 19.8. The first-order chi connectivity index (χ1) is 13.9. The standard InChI is InChI=1S/C19H25N5O4S/c1-21-16-6-3-2-5-15(16)20-19(21)22-9-11-23(12-10-22)29(27,28)14-13-24-17(25)7-4-8-18(24)26/h2-3,5-6H,4,7-14H2,1H3. The van der Waals surface area contributed by atoms with Crippen LogP contribution in [0.5, 0.6) is 0 Å². The first-order valence-corrected chi connectivity index (χ1v) is 11.5. The summed E-state index contributed by atoms with van der Waals surface area (Å²) in [5.41, 5.74) is 1.95. The highest BCUT2D eigenvalue weighted by atomic mass is 32.2. The smallest absolute Gasteiger partial charge is 0.229 e. The van der Waals surface area contributed by atoms with Gasteiger partial charge in [0.25, 0.3) is 0 Å². The van der Waals surface area contributed by atoms with E-state index in [2.05, 4.69) is 9.88 Å². The molecule has 0 unspecified atom stereocenters. The minimum absolute atomic E-state index is 0.0645. The Morgan fingerprint density at radius 2 is 1.66 bits per heavy atom. The normalized spacial score (nSPS) is 19.3. The van der Waals surface area contributed by atoms with Crippen LogP contribution in [0.15, 0.2) is 24.3 Å². The predicted octanol–water partition coefficient (Wildman–Crippen LogP) is 0.564. The molecule has 0 spiro atoms. The van der Waals surface area contributed by atoms with E-state index in [9.17, 15) is 18.0 Å². The molecule has 0 atom stereocenters. The Hall–Kier alpha value is -2.46. The van der Waals surface area contributed by atoms with Crippen molar-refractivity contribution in [1.82, 2.24) is 18.8 Å². The van der Waals surface area contributed by atoms with Gasteiger partial charge >= 0.3 is 0 Å². The number of piperazine rings is 1. The number of anilines is 1. The Bertz CT molecular complexity index is 1020. The van der Waals surface area contributed by atoms with Crippen LogP contribution < -0.4 is 4.90 Å². The molecule has 0 aliphatic carbocycles. The van der Waals surface area contributed by atoms with Crippen molar-refractivity contribution in [1.29, 1.82) is 0 Å². The number of rotatable bonds is 5. The van der Waals surface area contributed by atoms with Gasteiger partial charge < -0.3 is 9.47 Å². The van der Waals surface area contributed by atoms with Gasteiger partial charge in [-0.05, 0) is 18.6 Å². The zero-order chi connectivity index (χ0) is 20.6. The van der Waals surface area contributed by atoms with Crippen molar-refractivity contribution >= 4 is 38.8 Å². The van der Waals surface area contributed by atoms with E-state index in [0.29, 0.717) is 45.4 Å². The highest BCUT2D eigenvalue weighted by Crippen LogP contribution is 2.22. The van der Waals surface area contributed by atoms with E-state index >= 15 is 0 Å². The molecule has 10 heteroatoms.